The van der Waals surface area contributed by atoms with Crippen LogP contribution >= 0.6 is 0 Å². The minimum absolute atomic E-state index is 0.884. The van der Waals surface area contributed by atoms with E-state index < -0.39 is 10.4 Å². The van der Waals surface area contributed by atoms with Crippen molar-refractivity contribution >= 4 is 10.4 Å². The third-order valence-electron chi connectivity index (χ3n) is 5.64. The molecule has 0 aromatic carbocycles. The molecule has 0 aliphatic rings. The summed E-state index contributed by atoms with van der Waals surface area (Å²) >= 11 is 0. The minimum Gasteiger partial charge on any atom is -0.381 e. The molecule has 32 heavy (non-hydrogen) atoms. The quantitative estimate of drug-likeness (QED) is 0.120. The maximum absolute atomic E-state index is 8.74. The zero-order valence-electron chi connectivity index (χ0n) is 21.8. The van der Waals surface area contributed by atoms with Gasteiger partial charge in [-0.1, -0.05) is 130 Å². The zero-order valence-corrected chi connectivity index (χ0v) is 22.6. The van der Waals surface area contributed by atoms with Gasteiger partial charge in [-0.15, -0.1) is 0 Å². The lowest BCUT2D eigenvalue weighted by Crippen LogP contribution is -1.97. The molecule has 0 spiro atoms. The summed E-state index contributed by atoms with van der Waals surface area (Å²) in [4.78, 5) is 0. The fourth-order valence-electron chi connectivity index (χ4n) is 3.74. The number of ether oxygens (including phenoxy) is 1. The van der Waals surface area contributed by atoms with Crippen LogP contribution in [0.15, 0.2) is 0 Å². The predicted molar refractivity (Wildman–Crippen MR) is 138 cm³/mol. The van der Waals surface area contributed by atoms with E-state index in [4.69, 9.17) is 22.3 Å². The Balaban J connectivity index is 0. The van der Waals surface area contributed by atoms with Gasteiger partial charge >= 0.3 is 10.4 Å². The molecule has 0 heterocycles. The van der Waals surface area contributed by atoms with Crippen molar-refractivity contribution in [3.8, 4) is 0 Å². The van der Waals surface area contributed by atoms with E-state index in [0.29, 0.717) is 0 Å². The summed E-state index contributed by atoms with van der Waals surface area (Å²) in [7, 11) is -4.67. The number of unbranched alkanes of at least 4 members (excludes halogenated alkanes) is 14. The summed E-state index contributed by atoms with van der Waals surface area (Å²) in [6.45, 7) is 11.3. The van der Waals surface area contributed by atoms with E-state index in [0.717, 1.165) is 25.0 Å². The van der Waals surface area contributed by atoms with Crippen molar-refractivity contribution in [2.24, 2.45) is 11.8 Å². The number of hydrogen-bond donors (Lipinski definition) is 2. The van der Waals surface area contributed by atoms with Gasteiger partial charge in [0.15, 0.2) is 0 Å². The second kappa shape index (κ2) is 25.5. The maximum atomic E-state index is 8.74. The van der Waals surface area contributed by atoms with Gasteiger partial charge in [0.25, 0.3) is 0 Å². The molecule has 0 amide bonds. The van der Waals surface area contributed by atoms with Crippen LogP contribution in [0.1, 0.15) is 143 Å². The SMILES string of the molecule is CC(C)CCCCCCCCCCOCCCCCCCCCCC(C)C.O=S(=O)(O)O. The summed E-state index contributed by atoms with van der Waals surface area (Å²) in [5, 5.41) is 0. The van der Waals surface area contributed by atoms with E-state index in [2.05, 4.69) is 27.7 Å². The van der Waals surface area contributed by atoms with Gasteiger partial charge in [-0.25, -0.2) is 0 Å². The lowest BCUT2D eigenvalue weighted by molar-refractivity contribution is 0.125. The predicted octanol–water partition coefficient (Wildman–Crippen LogP) is 8.68. The first-order valence-electron chi connectivity index (χ1n) is 13.4. The first-order valence-corrected chi connectivity index (χ1v) is 14.8. The summed E-state index contributed by atoms with van der Waals surface area (Å²) in [6.07, 6.45) is 25.3. The lowest BCUT2D eigenvalue weighted by atomic mass is 10.0. The molecule has 0 aliphatic heterocycles. The van der Waals surface area contributed by atoms with Crippen molar-refractivity contribution in [1.82, 2.24) is 0 Å². The van der Waals surface area contributed by atoms with Crippen LogP contribution in [0.4, 0.5) is 0 Å². The van der Waals surface area contributed by atoms with Crippen LogP contribution in [-0.4, -0.2) is 30.7 Å². The molecule has 5 nitrogen and oxygen atoms in total. The van der Waals surface area contributed by atoms with Gasteiger partial charge in [0, 0.05) is 13.2 Å². The van der Waals surface area contributed by atoms with Crippen LogP contribution in [0.2, 0.25) is 0 Å². The Morgan fingerprint density at radius 2 is 0.719 bits per heavy atom. The maximum Gasteiger partial charge on any atom is 0.394 e. The van der Waals surface area contributed by atoms with Gasteiger partial charge in [-0.05, 0) is 24.7 Å². The molecule has 0 aromatic heterocycles. The fourth-order valence-corrected chi connectivity index (χ4v) is 3.74. The first-order chi connectivity index (χ1) is 15.1. The topological polar surface area (TPSA) is 83.8 Å². The molecule has 0 saturated heterocycles. The van der Waals surface area contributed by atoms with E-state index in [1.165, 1.54) is 116 Å². The number of hydrogen-bond acceptors (Lipinski definition) is 3. The highest BCUT2D eigenvalue weighted by atomic mass is 32.3. The van der Waals surface area contributed by atoms with Gasteiger partial charge in [0.05, 0.1) is 0 Å². The molecule has 0 unspecified atom stereocenters. The van der Waals surface area contributed by atoms with Crippen LogP contribution in [0.3, 0.4) is 0 Å². The molecular weight excluding hydrogens is 424 g/mol. The van der Waals surface area contributed by atoms with Crippen molar-refractivity contribution < 1.29 is 22.3 Å². The average molecular weight is 481 g/mol. The standard InChI is InChI=1S/C26H54O.H2O4S/c1-25(2)21-17-13-9-5-7-11-15-19-23-27-24-20-16-12-8-6-10-14-18-22-26(3)4;1-5(2,3)4/h25-26H,5-24H2,1-4H3;(H2,1,2,3,4). The summed E-state index contributed by atoms with van der Waals surface area (Å²) in [6, 6.07) is 0. The molecular formula is C26H56O5S. The molecule has 0 atom stereocenters. The Labute approximate surface area is 201 Å². The van der Waals surface area contributed by atoms with Crippen LogP contribution in [-0.2, 0) is 15.1 Å². The summed E-state index contributed by atoms with van der Waals surface area (Å²) < 4.78 is 37.4. The second-order valence-electron chi connectivity index (χ2n) is 10.1. The highest BCUT2D eigenvalue weighted by Gasteiger charge is 1.97. The van der Waals surface area contributed by atoms with Crippen molar-refractivity contribution in [1.29, 1.82) is 0 Å². The monoisotopic (exact) mass is 480 g/mol. The molecule has 0 rings (SSSR count). The first kappa shape index (κ1) is 34.0. The molecule has 0 aliphatic carbocycles. The highest BCUT2D eigenvalue weighted by Crippen LogP contribution is 2.14. The van der Waals surface area contributed by atoms with E-state index in [-0.39, 0.29) is 0 Å². The number of rotatable bonds is 22. The zero-order chi connectivity index (χ0) is 24.5. The van der Waals surface area contributed by atoms with Crippen molar-refractivity contribution in [3.05, 3.63) is 0 Å². The molecule has 6 heteroatoms. The van der Waals surface area contributed by atoms with Gasteiger partial charge in [-0.3, -0.25) is 9.11 Å². The molecule has 196 valence electrons. The molecule has 0 fully saturated rings. The van der Waals surface area contributed by atoms with E-state index in [1.54, 1.807) is 0 Å². The summed E-state index contributed by atoms with van der Waals surface area (Å²) in [5.74, 6) is 1.77. The largest absolute Gasteiger partial charge is 0.394 e. The Morgan fingerprint density at radius 1 is 0.500 bits per heavy atom. The van der Waals surface area contributed by atoms with Crippen molar-refractivity contribution in [2.45, 2.75) is 143 Å². The third-order valence-corrected chi connectivity index (χ3v) is 5.64. The smallest absolute Gasteiger partial charge is 0.381 e. The molecule has 0 bridgehead atoms. The van der Waals surface area contributed by atoms with Gasteiger partial charge in [-0.2, -0.15) is 8.42 Å². The Bertz CT molecular complexity index is 415. The second-order valence-corrected chi connectivity index (χ2v) is 11.0. The molecule has 0 radical (unpaired) electrons. The fraction of sp³-hybridized carbons (Fsp3) is 1.00. The van der Waals surface area contributed by atoms with Crippen LogP contribution in [0.5, 0.6) is 0 Å². The third kappa shape index (κ3) is 43.7. The summed E-state index contributed by atoms with van der Waals surface area (Å²) in [5.41, 5.74) is 0. The molecule has 0 saturated carbocycles. The Kier molecular flexibility index (Phi) is 27.0. The Hall–Kier alpha value is -0.170. The molecule has 2 N–H and O–H groups in total. The minimum atomic E-state index is -4.67. The van der Waals surface area contributed by atoms with E-state index in [1.807, 2.05) is 0 Å². The van der Waals surface area contributed by atoms with Crippen LogP contribution < -0.4 is 0 Å². The van der Waals surface area contributed by atoms with E-state index >= 15 is 0 Å². The van der Waals surface area contributed by atoms with Gasteiger partial charge in [0.1, 0.15) is 0 Å². The lowest BCUT2D eigenvalue weighted by Gasteiger charge is -2.06. The van der Waals surface area contributed by atoms with Crippen LogP contribution in [0.25, 0.3) is 0 Å². The van der Waals surface area contributed by atoms with Gasteiger partial charge < -0.3 is 4.74 Å². The van der Waals surface area contributed by atoms with E-state index in [9.17, 15) is 0 Å². The molecule has 0 aromatic rings. The van der Waals surface area contributed by atoms with Crippen LogP contribution in [0, 0.1) is 11.8 Å². The van der Waals surface area contributed by atoms with Crippen molar-refractivity contribution in [2.75, 3.05) is 13.2 Å². The highest BCUT2D eigenvalue weighted by molar-refractivity contribution is 7.79. The van der Waals surface area contributed by atoms with Crippen molar-refractivity contribution in [3.63, 3.8) is 0 Å². The average Bonchev–Trinajstić information content (AvgIpc) is 2.67. The Morgan fingerprint density at radius 3 is 0.969 bits per heavy atom. The van der Waals surface area contributed by atoms with Gasteiger partial charge in [0.2, 0.25) is 0 Å². The normalized spacial score (nSPS) is 11.8.